The number of carbonyl (C=O) groups is 1. The van der Waals surface area contributed by atoms with Crippen molar-refractivity contribution in [3.8, 4) is 16.9 Å². The number of anilines is 2. The fourth-order valence-electron chi connectivity index (χ4n) is 4.15. The molecular weight excluding hydrogens is 472 g/mol. The van der Waals surface area contributed by atoms with Crippen LogP contribution in [-0.4, -0.2) is 30.7 Å². The number of hydrogen-bond acceptors (Lipinski definition) is 4. The highest BCUT2D eigenvalue weighted by Crippen LogP contribution is 2.35. The van der Waals surface area contributed by atoms with E-state index in [1.807, 2.05) is 12.1 Å². The van der Waals surface area contributed by atoms with Crippen LogP contribution < -0.4 is 9.62 Å². The van der Waals surface area contributed by atoms with Gasteiger partial charge in [0.25, 0.3) is 5.91 Å². The van der Waals surface area contributed by atoms with Crippen molar-refractivity contribution in [2.24, 2.45) is 0 Å². The maximum absolute atomic E-state index is 13.4. The second-order valence-corrected chi connectivity index (χ2v) is 13.8. The Labute approximate surface area is 214 Å². The third-order valence-electron chi connectivity index (χ3n) is 6.61. The number of hydrogen-bond donors (Lipinski definition) is 2. The lowest BCUT2D eigenvalue weighted by atomic mass is 9.86. The zero-order chi connectivity index (χ0) is 26.5. The number of aromatic hydroxyl groups is 1. The molecule has 0 bridgehead atoms. The van der Waals surface area contributed by atoms with E-state index >= 15 is 0 Å². The summed E-state index contributed by atoms with van der Waals surface area (Å²) in [4.78, 5) is 15.0. The standard InChI is InChI=1S/C29H34N2O4S/c1-28(2,3)22-10-7-19(8-11-22)20-9-13-24-21(17-20)15-16-31(27(24)33)23-12-14-26(32)25(18-23)30-36(34,35)29(4,5)6/h7-14,17-18,30,32H,15-16H2,1-6H3. The van der Waals surface area contributed by atoms with Gasteiger partial charge >= 0.3 is 0 Å². The first-order valence-electron chi connectivity index (χ1n) is 12.1. The molecule has 0 unspecified atom stereocenters. The van der Waals surface area contributed by atoms with Gasteiger partial charge < -0.3 is 10.0 Å². The van der Waals surface area contributed by atoms with Gasteiger partial charge in [-0.25, -0.2) is 8.42 Å². The predicted molar refractivity (Wildman–Crippen MR) is 146 cm³/mol. The van der Waals surface area contributed by atoms with Gasteiger partial charge in [-0.05, 0) is 79.1 Å². The molecule has 0 atom stereocenters. The SMILES string of the molecule is CC(C)(C)c1ccc(-c2ccc3c(c2)CCN(c2ccc(O)c(NS(=O)(=O)C(C)(C)C)c2)C3=O)cc1. The maximum Gasteiger partial charge on any atom is 0.258 e. The van der Waals surface area contributed by atoms with E-state index in [1.54, 1.807) is 31.7 Å². The van der Waals surface area contributed by atoms with Crippen LogP contribution >= 0.6 is 0 Å². The highest BCUT2D eigenvalue weighted by Gasteiger charge is 2.31. The Bertz CT molecular complexity index is 1410. The molecule has 0 saturated heterocycles. The predicted octanol–water partition coefficient (Wildman–Crippen LogP) is 6.10. The fourth-order valence-corrected chi connectivity index (χ4v) is 4.91. The highest BCUT2D eigenvalue weighted by molar-refractivity contribution is 7.94. The van der Waals surface area contributed by atoms with Crippen LogP contribution in [0.25, 0.3) is 11.1 Å². The van der Waals surface area contributed by atoms with Gasteiger partial charge in [-0.1, -0.05) is 57.2 Å². The highest BCUT2D eigenvalue weighted by atomic mass is 32.2. The van der Waals surface area contributed by atoms with Crippen LogP contribution in [0.15, 0.2) is 60.7 Å². The first-order chi connectivity index (χ1) is 16.7. The number of phenols is 1. The molecule has 3 aromatic rings. The molecule has 4 rings (SSSR count). The number of sulfonamides is 1. The van der Waals surface area contributed by atoms with Gasteiger partial charge in [0.05, 0.1) is 10.4 Å². The Kier molecular flexibility index (Phi) is 6.41. The Morgan fingerprint density at radius 3 is 2.11 bits per heavy atom. The molecule has 1 amide bonds. The van der Waals surface area contributed by atoms with E-state index in [9.17, 15) is 18.3 Å². The van der Waals surface area contributed by atoms with Gasteiger partial charge in [0.1, 0.15) is 5.75 Å². The Balaban J connectivity index is 1.60. The number of benzene rings is 3. The van der Waals surface area contributed by atoms with Crippen LogP contribution in [-0.2, 0) is 21.9 Å². The molecule has 36 heavy (non-hydrogen) atoms. The molecule has 7 heteroatoms. The summed E-state index contributed by atoms with van der Waals surface area (Å²) in [7, 11) is -3.74. The number of fused-ring (bicyclic) bond motifs is 1. The summed E-state index contributed by atoms with van der Waals surface area (Å²) in [5.74, 6) is -0.347. The lowest BCUT2D eigenvalue weighted by molar-refractivity contribution is 0.0980. The minimum absolute atomic E-state index is 0.0510. The van der Waals surface area contributed by atoms with Crippen molar-refractivity contribution >= 4 is 27.3 Å². The second-order valence-electron chi connectivity index (χ2n) is 11.3. The number of rotatable bonds is 4. The number of nitrogens with one attached hydrogen (secondary N) is 1. The Morgan fingerprint density at radius 2 is 1.50 bits per heavy atom. The third kappa shape index (κ3) is 4.98. The molecule has 190 valence electrons. The lowest BCUT2D eigenvalue weighted by Crippen LogP contribution is -2.37. The number of nitrogens with zero attached hydrogens (tertiary/aromatic N) is 1. The minimum atomic E-state index is -3.74. The quantitative estimate of drug-likeness (QED) is 0.419. The maximum atomic E-state index is 13.4. The van der Waals surface area contributed by atoms with E-state index in [0.717, 1.165) is 16.7 Å². The lowest BCUT2D eigenvalue weighted by Gasteiger charge is -2.30. The van der Waals surface area contributed by atoms with Crippen molar-refractivity contribution in [2.45, 2.75) is 58.1 Å². The average Bonchev–Trinajstić information content (AvgIpc) is 2.79. The molecule has 2 N–H and O–H groups in total. The van der Waals surface area contributed by atoms with E-state index in [1.165, 1.54) is 17.7 Å². The van der Waals surface area contributed by atoms with E-state index in [2.05, 4.69) is 55.8 Å². The molecule has 0 fully saturated rings. The molecule has 0 radical (unpaired) electrons. The summed E-state index contributed by atoms with van der Waals surface area (Å²) in [5.41, 5.74) is 5.72. The van der Waals surface area contributed by atoms with E-state index in [-0.39, 0.29) is 22.8 Å². The minimum Gasteiger partial charge on any atom is -0.506 e. The molecule has 0 aliphatic carbocycles. The van der Waals surface area contributed by atoms with Crippen LogP contribution in [0, 0.1) is 0 Å². The van der Waals surface area contributed by atoms with Gasteiger partial charge in [0.2, 0.25) is 10.0 Å². The van der Waals surface area contributed by atoms with Crippen molar-refractivity contribution < 1.29 is 18.3 Å². The van der Waals surface area contributed by atoms with Crippen molar-refractivity contribution in [1.82, 2.24) is 0 Å². The number of phenolic OH excluding ortho intramolecular Hbond substituents is 1. The zero-order valence-electron chi connectivity index (χ0n) is 21.7. The summed E-state index contributed by atoms with van der Waals surface area (Å²) < 4.78 is 26.6. The number of amides is 1. The monoisotopic (exact) mass is 506 g/mol. The molecule has 1 aliphatic heterocycles. The first kappa shape index (κ1) is 25.8. The van der Waals surface area contributed by atoms with Crippen LogP contribution in [0.3, 0.4) is 0 Å². The van der Waals surface area contributed by atoms with Gasteiger partial charge in [0, 0.05) is 17.8 Å². The average molecular weight is 507 g/mol. The summed E-state index contributed by atoms with van der Waals surface area (Å²) in [6.07, 6.45) is 0.666. The Hall–Kier alpha value is -3.32. The molecule has 0 aromatic heterocycles. The smallest absolute Gasteiger partial charge is 0.258 e. The second kappa shape index (κ2) is 8.96. The van der Waals surface area contributed by atoms with Crippen LogP contribution in [0.5, 0.6) is 5.75 Å². The molecule has 1 heterocycles. The summed E-state index contributed by atoms with van der Waals surface area (Å²) in [6.45, 7) is 11.8. The summed E-state index contributed by atoms with van der Waals surface area (Å²) >= 11 is 0. The van der Waals surface area contributed by atoms with Gasteiger partial charge in [0.15, 0.2) is 0 Å². The molecule has 6 nitrogen and oxygen atoms in total. The van der Waals surface area contributed by atoms with Crippen LogP contribution in [0.2, 0.25) is 0 Å². The zero-order valence-corrected chi connectivity index (χ0v) is 22.5. The summed E-state index contributed by atoms with van der Waals surface area (Å²) in [6, 6.07) is 19.0. The number of carbonyl (C=O) groups excluding carboxylic acids is 1. The van der Waals surface area contributed by atoms with Crippen molar-refractivity contribution in [3.05, 3.63) is 77.4 Å². The first-order valence-corrected chi connectivity index (χ1v) is 13.6. The normalized spacial score (nSPS) is 14.5. The largest absolute Gasteiger partial charge is 0.506 e. The topological polar surface area (TPSA) is 86.7 Å². The fraction of sp³-hybridized carbons (Fsp3) is 0.345. The molecule has 1 aliphatic rings. The molecule has 3 aromatic carbocycles. The summed E-state index contributed by atoms with van der Waals surface area (Å²) in [5, 5.41) is 10.3. The van der Waals surface area contributed by atoms with E-state index < -0.39 is 14.8 Å². The molecule has 0 spiro atoms. The molecule has 0 saturated carbocycles. The van der Waals surface area contributed by atoms with Crippen molar-refractivity contribution in [1.29, 1.82) is 0 Å². The van der Waals surface area contributed by atoms with E-state index in [0.29, 0.717) is 24.2 Å². The Morgan fingerprint density at radius 1 is 0.861 bits per heavy atom. The van der Waals surface area contributed by atoms with Gasteiger partial charge in [-0.15, -0.1) is 0 Å². The molecular formula is C29H34N2O4S. The van der Waals surface area contributed by atoms with Crippen LogP contribution in [0.4, 0.5) is 11.4 Å². The van der Waals surface area contributed by atoms with Crippen molar-refractivity contribution in [2.75, 3.05) is 16.2 Å². The van der Waals surface area contributed by atoms with Crippen LogP contribution in [0.1, 0.15) is 63.0 Å². The van der Waals surface area contributed by atoms with Gasteiger partial charge in [-0.2, -0.15) is 0 Å². The van der Waals surface area contributed by atoms with E-state index in [4.69, 9.17) is 0 Å². The van der Waals surface area contributed by atoms with Crippen molar-refractivity contribution in [3.63, 3.8) is 0 Å². The van der Waals surface area contributed by atoms with Gasteiger partial charge in [-0.3, -0.25) is 9.52 Å². The third-order valence-corrected chi connectivity index (χ3v) is 8.71.